The molecule has 0 radical (unpaired) electrons. The van der Waals surface area contributed by atoms with Crippen molar-refractivity contribution in [2.45, 2.75) is 6.10 Å². The van der Waals surface area contributed by atoms with Gasteiger partial charge in [0.05, 0.1) is 18.8 Å². The lowest BCUT2D eigenvalue weighted by molar-refractivity contribution is 0.0845. The Hall–Kier alpha value is -2.98. The predicted molar refractivity (Wildman–Crippen MR) is 106 cm³/mol. The van der Waals surface area contributed by atoms with Gasteiger partial charge in [-0.2, -0.15) is 0 Å². The van der Waals surface area contributed by atoms with E-state index in [1.165, 1.54) is 0 Å². The quantitative estimate of drug-likeness (QED) is 0.707. The molecule has 0 saturated carbocycles. The van der Waals surface area contributed by atoms with Crippen LogP contribution in [0.2, 0.25) is 0 Å². The standard InChI is InChI=1S/C23H23NO3/c25-21-13-7-12-20-23(21)27-17-15-24(20)14-16-26-22(18-8-3-1-4-9-18)19-10-5-2-6-11-19/h1-13,22,25H,14-17H2. The summed E-state index contributed by atoms with van der Waals surface area (Å²) in [7, 11) is 0. The fraction of sp³-hybridized carbons (Fsp3) is 0.217. The van der Waals surface area contributed by atoms with Crippen LogP contribution in [0.25, 0.3) is 0 Å². The number of benzene rings is 3. The van der Waals surface area contributed by atoms with Crippen molar-refractivity contribution in [3.8, 4) is 11.5 Å². The highest BCUT2D eigenvalue weighted by molar-refractivity contribution is 5.65. The van der Waals surface area contributed by atoms with E-state index in [1.807, 2.05) is 48.5 Å². The van der Waals surface area contributed by atoms with Gasteiger partial charge in [0.15, 0.2) is 11.5 Å². The number of fused-ring (bicyclic) bond motifs is 1. The summed E-state index contributed by atoms with van der Waals surface area (Å²) >= 11 is 0. The number of hydrogen-bond donors (Lipinski definition) is 1. The first kappa shape index (κ1) is 17.4. The zero-order valence-corrected chi connectivity index (χ0v) is 15.1. The van der Waals surface area contributed by atoms with E-state index in [1.54, 1.807) is 6.07 Å². The van der Waals surface area contributed by atoms with Gasteiger partial charge in [-0.3, -0.25) is 0 Å². The monoisotopic (exact) mass is 361 g/mol. The molecule has 0 spiro atoms. The van der Waals surface area contributed by atoms with Crippen molar-refractivity contribution in [3.05, 3.63) is 90.0 Å². The van der Waals surface area contributed by atoms with Crippen LogP contribution in [0.1, 0.15) is 17.2 Å². The third kappa shape index (κ3) is 3.91. The van der Waals surface area contributed by atoms with Crippen LogP contribution in [0.5, 0.6) is 11.5 Å². The van der Waals surface area contributed by atoms with E-state index in [4.69, 9.17) is 9.47 Å². The van der Waals surface area contributed by atoms with Gasteiger partial charge in [-0.25, -0.2) is 0 Å². The molecule has 4 heteroatoms. The van der Waals surface area contributed by atoms with E-state index in [0.717, 1.165) is 29.9 Å². The molecule has 3 aromatic rings. The first-order valence-corrected chi connectivity index (χ1v) is 9.24. The van der Waals surface area contributed by atoms with Crippen molar-refractivity contribution < 1.29 is 14.6 Å². The Balaban J connectivity index is 1.48. The normalized spacial score (nSPS) is 13.3. The number of phenols is 1. The van der Waals surface area contributed by atoms with Gasteiger partial charge < -0.3 is 19.5 Å². The minimum Gasteiger partial charge on any atom is -0.504 e. The molecule has 0 aromatic heterocycles. The van der Waals surface area contributed by atoms with Crippen LogP contribution in [0.15, 0.2) is 78.9 Å². The smallest absolute Gasteiger partial charge is 0.184 e. The Morgan fingerprint density at radius 3 is 2.22 bits per heavy atom. The molecule has 0 saturated heterocycles. The largest absolute Gasteiger partial charge is 0.504 e. The van der Waals surface area contributed by atoms with Gasteiger partial charge in [0, 0.05) is 6.54 Å². The maximum absolute atomic E-state index is 10.0. The topological polar surface area (TPSA) is 41.9 Å². The Morgan fingerprint density at radius 2 is 1.56 bits per heavy atom. The summed E-state index contributed by atoms with van der Waals surface area (Å²) in [6.07, 6.45) is -0.0999. The van der Waals surface area contributed by atoms with Gasteiger partial charge in [-0.1, -0.05) is 66.7 Å². The summed E-state index contributed by atoms with van der Waals surface area (Å²) in [6, 6.07) is 26.0. The first-order valence-electron chi connectivity index (χ1n) is 9.24. The number of ether oxygens (including phenoxy) is 2. The van der Waals surface area contributed by atoms with Gasteiger partial charge in [0.25, 0.3) is 0 Å². The molecule has 27 heavy (non-hydrogen) atoms. The zero-order chi connectivity index (χ0) is 18.5. The van der Waals surface area contributed by atoms with Crippen LogP contribution in [-0.2, 0) is 4.74 Å². The van der Waals surface area contributed by atoms with Crippen LogP contribution in [0.3, 0.4) is 0 Å². The average molecular weight is 361 g/mol. The second-order valence-corrected chi connectivity index (χ2v) is 6.53. The van der Waals surface area contributed by atoms with Gasteiger partial charge in [-0.05, 0) is 23.3 Å². The molecule has 0 aliphatic carbocycles. The molecule has 4 nitrogen and oxygen atoms in total. The third-order valence-corrected chi connectivity index (χ3v) is 4.77. The van der Waals surface area contributed by atoms with Gasteiger partial charge in [0.1, 0.15) is 12.7 Å². The van der Waals surface area contributed by atoms with Crippen molar-refractivity contribution in [2.24, 2.45) is 0 Å². The van der Waals surface area contributed by atoms with Gasteiger partial charge in [0.2, 0.25) is 0 Å². The summed E-state index contributed by atoms with van der Waals surface area (Å²) in [5.41, 5.74) is 3.20. The fourth-order valence-electron chi connectivity index (χ4n) is 3.44. The van der Waals surface area contributed by atoms with E-state index >= 15 is 0 Å². The molecule has 138 valence electrons. The number of para-hydroxylation sites is 1. The summed E-state index contributed by atoms with van der Waals surface area (Å²) in [6.45, 7) is 2.64. The predicted octanol–water partition coefficient (Wildman–Crippen LogP) is 4.40. The summed E-state index contributed by atoms with van der Waals surface area (Å²) < 4.78 is 11.9. The lowest BCUT2D eigenvalue weighted by Crippen LogP contribution is -2.35. The molecule has 1 aliphatic heterocycles. The van der Waals surface area contributed by atoms with Crippen LogP contribution in [0, 0.1) is 0 Å². The molecule has 1 heterocycles. The van der Waals surface area contributed by atoms with Crippen LogP contribution in [0.4, 0.5) is 5.69 Å². The van der Waals surface area contributed by atoms with E-state index in [-0.39, 0.29) is 11.9 Å². The molecular weight excluding hydrogens is 338 g/mol. The SMILES string of the molecule is Oc1cccc2c1OCCN2CCOC(c1ccccc1)c1ccccc1. The van der Waals surface area contributed by atoms with Crippen molar-refractivity contribution in [2.75, 3.05) is 31.2 Å². The molecule has 0 unspecified atom stereocenters. The van der Waals surface area contributed by atoms with Gasteiger partial charge >= 0.3 is 0 Å². The Labute approximate surface area is 159 Å². The Kier molecular flexibility index (Phi) is 5.26. The molecule has 3 aromatic carbocycles. The molecule has 0 fully saturated rings. The maximum atomic E-state index is 10.0. The highest BCUT2D eigenvalue weighted by Crippen LogP contribution is 2.38. The molecule has 0 atom stereocenters. The minimum absolute atomic E-state index is 0.0999. The molecule has 0 amide bonds. The zero-order valence-electron chi connectivity index (χ0n) is 15.1. The maximum Gasteiger partial charge on any atom is 0.184 e. The highest BCUT2D eigenvalue weighted by atomic mass is 16.5. The van der Waals surface area contributed by atoms with Crippen molar-refractivity contribution in [3.63, 3.8) is 0 Å². The third-order valence-electron chi connectivity index (χ3n) is 4.77. The summed E-state index contributed by atoms with van der Waals surface area (Å²) in [4.78, 5) is 2.20. The average Bonchev–Trinajstić information content (AvgIpc) is 2.73. The van der Waals surface area contributed by atoms with Crippen molar-refractivity contribution in [1.82, 2.24) is 0 Å². The second-order valence-electron chi connectivity index (χ2n) is 6.53. The Morgan fingerprint density at radius 1 is 0.889 bits per heavy atom. The number of rotatable bonds is 6. The lowest BCUT2D eigenvalue weighted by Gasteiger charge is -2.32. The summed E-state index contributed by atoms with van der Waals surface area (Å²) in [5.74, 6) is 0.746. The fourth-order valence-corrected chi connectivity index (χ4v) is 3.44. The summed E-state index contributed by atoms with van der Waals surface area (Å²) in [5, 5.41) is 10.0. The molecular formula is C23H23NO3. The molecule has 1 N–H and O–H groups in total. The number of nitrogens with zero attached hydrogens (tertiary/aromatic N) is 1. The van der Waals surface area contributed by atoms with Crippen LogP contribution >= 0.6 is 0 Å². The minimum atomic E-state index is -0.0999. The van der Waals surface area contributed by atoms with E-state index in [0.29, 0.717) is 19.0 Å². The van der Waals surface area contributed by atoms with Crippen LogP contribution in [-0.4, -0.2) is 31.4 Å². The second kappa shape index (κ2) is 8.14. The number of phenolic OH excluding ortho intramolecular Hbond substituents is 1. The van der Waals surface area contributed by atoms with E-state index in [2.05, 4.69) is 29.2 Å². The first-order chi connectivity index (χ1) is 13.3. The number of hydrogen-bond acceptors (Lipinski definition) is 4. The van der Waals surface area contributed by atoms with Crippen molar-refractivity contribution in [1.29, 1.82) is 0 Å². The highest BCUT2D eigenvalue weighted by Gasteiger charge is 2.21. The van der Waals surface area contributed by atoms with E-state index in [9.17, 15) is 5.11 Å². The Bertz CT molecular complexity index is 828. The van der Waals surface area contributed by atoms with Gasteiger partial charge in [-0.15, -0.1) is 0 Å². The molecule has 0 bridgehead atoms. The molecule has 1 aliphatic rings. The van der Waals surface area contributed by atoms with Crippen LogP contribution < -0.4 is 9.64 Å². The number of anilines is 1. The number of aromatic hydroxyl groups is 1. The van der Waals surface area contributed by atoms with Crippen molar-refractivity contribution >= 4 is 5.69 Å². The lowest BCUT2D eigenvalue weighted by atomic mass is 10.0. The van der Waals surface area contributed by atoms with E-state index < -0.39 is 0 Å². The molecule has 4 rings (SSSR count).